The van der Waals surface area contributed by atoms with Crippen molar-refractivity contribution in [3.8, 4) is 17.3 Å². The van der Waals surface area contributed by atoms with Gasteiger partial charge in [0.15, 0.2) is 9.84 Å². The van der Waals surface area contributed by atoms with Crippen molar-refractivity contribution in [2.75, 3.05) is 5.75 Å². The van der Waals surface area contributed by atoms with E-state index >= 15 is 0 Å². The monoisotopic (exact) mass is 482 g/mol. The van der Waals surface area contributed by atoms with Gasteiger partial charge in [0.1, 0.15) is 11.8 Å². The Bertz CT molecular complexity index is 1400. The van der Waals surface area contributed by atoms with Crippen molar-refractivity contribution in [3.63, 3.8) is 0 Å². The molecular weight excluding hydrogens is 469 g/mol. The van der Waals surface area contributed by atoms with Gasteiger partial charge in [-0.3, -0.25) is 9.78 Å². The second-order valence-corrected chi connectivity index (χ2v) is 9.45. The summed E-state index contributed by atoms with van der Waals surface area (Å²) in [6.07, 6.45) is -2.23. The third-order valence-electron chi connectivity index (χ3n) is 4.10. The lowest BCUT2D eigenvalue weighted by Crippen LogP contribution is -2.18. The highest BCUT2D eigenvalue weighted by atomic mass is 32.2. The molecule has 3 heterocycles. The molecule has 0 N–H and O–H groups in total. The summed E-state index contributed by atoms with van der Waals surface area (Å²) < 4.78 is 64.5. The maximum Gasteiger partial charge on any atom is 0.445 e. The molecule has 0 atom stereocenters. The van der Waals surface area contributed by atoms with E-state index in [-0.39, 0.29) is 27.5 Å². The normalized spacial score (nSPS) is 12.6. The lowest BCUT2D eigenvalue weighted by molar-refractivity contribution is -0.138. The summed E-state index contributed by atoms with van der Waals surface area (Å²) >= 11 is 0.138. The van der Waals surface area contributed by atoms with E-state index in [9.17, 15) is 26.4 Å². The van der Waals surface area contributed by atoms with Crippen molar-refractivity contribution in [2.24, 2.45) is 12.0 Å². The first-order valence-electron chi connectivity index (χ1n) is 8.76. The molecule has 14 heteroatoms. The second kappa shape index (κ2) is 8.60. The number of carbonyl (C=O) groups excluding carboxylic acids is 1. The van der Waals surface area contributed by atoms with Crippen molar-refractivity contribution in [2.45, 2.75) is 18.0 Å². The van der Waals surface area contributed by atoms with Crippen LogP contribution in [0, 0.1) is 11.3 Å². The van der Waals surface area contributed by atoms with Crippen LogP contribution in [0.4, 0.5) is 13.2 Å². The third kappa shape index (κ3) is 4.73. The van der Waals surface area contributed by atoms with Gasteiger partial charge in [-0.2, -0.15) is 28.5 Å². The summed E-state index contributed by atoms with van der Waals surface area (Å²) in [6.45, 7) is 1.37. The van der Waals surface area contributed by atoms with Crippen LogP contribution >= 0.6 is 11.3 Å². The van der Waals surface area contributed by atoms with Crippen LogP contribution in [0.5, 0.6) is 0 Å². The average molecular weight is 482 g/mol. The fourth-order valence-corrected chi connectivity index (χ4v) is 4.28. The van der Waals surface area contributed by atoms with Gasteiger partial charge in [0.05, 0.1) is 21.9 Å². The quantitative estimate of drug-likeness (QED) is 0.558. The number of sulfone groups is 1. The number of pyridine rings is 2. The summed E-state index contributed by atoms with van der Waals surface area (Å²) in [5.74, 6) is -1.49. The Hall–Kier alpha value is -3.44. The molecule has 1 amide bonds. The molecule has 0 spiro atoms. The number of aromatic nitrogens is 4. The number of rotatable bonds is 4. The predicted octanol–water partition coefficient (Wildman–Crippen LogP) is 2.36. The lowest BCUT2D eigenvalue weighted by atomic mass is 10.1. The number of hydrogen-bond donors (Lipinski definition) is 0. The summed E-state index contributed by atoms with van der Waals surface area (Å²) in [4.78, 5) is 23.5. The minimum Gasteiger partial charge on any atom is -0.265 e. The van der Waals surface area contributed by atoms with E-state index in [0.29, 0.717) is 11.3 Å². The SMILES string of the molecule is CCS(=O)(=O)c1cc(-c2ccc(C#N)cn2)cnc1C(=O)N=c1sc(C(F)(F)F)nn1C. The van der Waals surface area contributed by atoms with Crippen molar-refractivity contribution in [1.82, 2.24) is 19.7 Å². The zero-order valence-corrected chi connectivity index (χ0v) is 18.1. The van der Waals surface area contributed by atoms with E-state index in [1.807, 2.05) is 6.07 Å². The number of nitrogens with zero attached hydrogens (tertiary/aromatic N) is 6. The standard InChI is InChI=1S/C18H13F3N6O3S2/c1-3-32(29,30)13-6-11(12-5-4-10(7-22)8-23-12)9-24-14(13)15(28)25-17-27(2)26-16(31-17)18(19,20)21/h4-6,8-9H,3H2,1-2H3. The molecule has 32 heavy (non-hydrogen) atoms. The molecule has 0 aliphatic rings. The van der Waals surface area contributed by atoms with Crippen LogP contribution in [-0.2, 0) is 23.1 Å². The summed E-state index contributed by atoms with van der Waals surface area (Å²) in [5.41, 5.74) is 0.333. The highest BCUT2D eigenvalue weighted by Crippen LogP contribution is 2.29. The number of alkyl halides is 3. The van der Waals surface area contributed by atoms with Crippen LogP contribution in [0.3, 0.4) is 0 Å². The molecule has 0 bridgehead atoms. The lowest BCUT2D eigenvalue weighted by Gasteiger charge is -2.08. The topological polar surface area (TPSA) is 131 Å². The van der Waals surface area contributed by atoms with Crippen molar-refractivity contribution >= 4 is 27.1 Å². The molecule has 9 nitrogen and oxygen atoms in total. The fourth-order valence-electron chi connectivity index (χ4n) is 2.47. The van der Waals surface area contributed by atoms with Crippen LogP contribution < -0.4 is 4.80 Å². The molecule has 0 fully saturated rings. The van der Waals surface area contributed by atoms with Gasteiger partial charge in [0, 0.05) is 25.0 Å². The molecule has 0 aliphatic heterocycles. The molecule has 0 radical (unpaired) electrons. The second-order valence-electron chi connectivity index (χ2n) is 6.25. The van der Waals surface area contributed by atoms with Gasteiger partial charge >= 0.3 is 6.18 Å². The zero-order chi connectivity index (χ0) is 23.7. The van der Waals surface area contributed by atoms with Crippen LogP contribution in [0.2, 0.25) is 0 Å². The first-order chi connectivity index (χ1) is 15.0. The first kappa shape index (κ1) is 23.2. The molecule has 0 unspecified atom stereocenters. The molecule has 0 saturated carbocycles. The third-order valence-corrected chi connectivity index (χ3v) is 6.89. The predicted molar refractivity (Wildman–Crippen MR) is 106 cm³/mol. The highest BCUT2D eigenvalue weighted by Gasteiger charge is 2.35. The van der Waals surface area contributed by atoms with Crippen molar-refractivity contribution in [3.05, 3.63) is 51.7 Å². The Labute approximate surface area is 183 Å². The Morgan fingerprint density at radius 1 is 1.28 bits per heavy atom. The molecule has 3 aromatic rings. The molecule has 3 aromatic heterocycles. The minimum atomic E-state index is -4.72. The summed E-state index contributed by atoms with van der Waals surface area (Å²) in [5, 5.41) is 10.9. The Morgan fingerprint density at radius 3 is 2.53 bits per heavy atom. The maximum absolute atomic E-state index is 12.9. The number of hydrogen-bond acceptors (Lipinski definition) is 8. The molecule has 3 rings (SSSR count). The van der Waals surface area contributed by atoms with Gasteiger partial charge in [-0.25, -0.2) is 18.1 Å². The van der Waals surface area contributed by atoms with Crippen LogP contribution in [0.25, 0.3) is 11.3 Å². The van der Waals surface area contributed by atoms with E-state index in [2.05, 4.69) is 20.1 Å². The van der Waals surface area contributed by atoms with Crippen LogP contribution in [-0.4, -0.2) is 39.8 Å². The largest absolute Gasteiger partial charge is 0.445 e. The Kier molecular flexibility index (Phi) is 6.24. The number of halogens is 3. The smallest absolute Gasteiger partial charge is 0.265 e. The van der Waals surface area contributed by atoms with E-state index < -0.39 is 37.5 Å². The van der Waals surface area contributed by atoms with Gasteiger partial charge in [0.2, 0.25) is 9.81 Å². The van der Waals surface area contributed by atoms with Crippen molar-refractivity contribution in [1.29, 1.82) is 5.26 Å². The number of aryl methyl sites for hydroxylation is 1. The highest BCUT2D eigenvalue weighted by molar-refractivity contribution is 7.91. The van der Waals surface area contributed by atoms with E-state index in [0.717, 1.165) is 4.68 Å². The molecule has 0 saturated heterocycles. The maximum atomic E-state index is 12.9. The van der Waals surface area contributed by atoms with Gasteiger partial charge in [-0.1, -0.05) is 18.3 Å². The molecule has 166 valence electrons. The van der Waals surface area contributed by atoms with Gasteiger partial charge in [-0.05, 0) is 18.2 Å². The average Bonchev–Trinajstić information content (AvgIpc) is 3.14. The Morgan fingerprint density at radius 2 is 2.00 bits per heavy atom. The van der Waals surface area contributed by atoms with Crippen LogP contribution in [0.15, 0.2) is 40.5 Å². The summed E-state index contributed by atoms with van der Waals surface area (Å²) in [6, 6.07) is 6.06. The minimum absolute atomic E-state index is 0.138. The van der Waals surface area contributed by atoms with Crippen molar-refractivity contribution < 1.29 is 26.4 Å². The van der Waals surface area contributed by atoms with E-state index in [1.165, 1.54) is 44.6 Å². The molecule has 0 aromatic carbocycles. The summed E-state index contributed by atoms with van der Waals surface area (Å²) in [7, 11) is -2.78. The first-order valence-corrected chi connectivity index (χ1v) is 11.2. The zero-order valence-electron chi connectivity index (χ0n) is 16.5. The fraction of sp³-hybridized carbons (Fsp3) is 0.222. The number of nitriles is 1. The van der Waals surface area contributed by atoms with Gasteiger partial charge in [-0.15, -0.1) is 0 Å². The molecular formula is C18H13F3N6O3S2. The van der Waals surface area contributed by atoms with E-state index in [1.54, 1.807) is 0 Å². The number of amides is 1. The molecule has 0 aliphatic carbocycles. The van der Waals surface area contributed by atoms with Crippen LogP contribution in [0.1, 0.15) is 28.0 Å². The van der Waals surface area contributed by atoms with E-state index in [4.69, 9.17) is 5.26 Å². The Balaban J connectivity index is 2.13. The van der Waals surface area contributed by atoms with Gasteiger partial charge in [0.25, 0.3) is 5.91 Å². The number of carbonyl (C=O) groups is 1. The van der Waals surface area contributed by atoms with Gasteiger partial charge < -0.3 is 0 Å².